The van der Waals surface area contributed by atoms with E-state index in [1.165, 1.54) is 6.07 Å². The topological polar surface area (TPSA) is 0 Å². The molecule has 0 bridgehead atoms. The van der Waals surface area contributed by atoms with Crippen LogP contribution in [0.2, 0.25) is 10.0 Å². The van der Waals surface area contributed by atoms with Gasteiger partial charge in [-0.15, -0.1) is 6.42 Å². The van der Waals surface area contributed by atoms with E-state index in [0.29, 0.717) is 0 Å². The lowest BCUT2D eigenvalue weighted by Gasteiger charge is -1.97. The Balaban J connectivity index is 3.39. The van der Waals surface area contributed by atoms with E-state index in [4.69, 9.17) is 29.6 Å². The molecule has 0 aliphatic heterocycles. The van der Waals surface area contributed by atoms with E-state index in [-0.39, 0.29) is 15.6 Å². The minimum Gasteiger partial charge on any atom is -0.205 e. The maximum Gasteiger partial charge on any atom is 0.144 e. The van der Waals surface area contributed by atoms with E-state index in [1.54, 1.807) is 0 Å². The van der Waals surface area contributed by atoms with Gasteiger partial charge in [0.1, 0.15) is 5.82 Å². The molecule has 0 amide bonds. The molecule has 0 atom stereocenters. The van der Waals surface area contributed by atoms with Crippen molar-refractivity contribution in [2.24, 2.45) is 0 Å². The van der Waals surface area contributed by atoms with Crippen LogP contribution in [0.15, 0.2) is 12.1 Å². The number of terminal acetylenes is 1. The lowest BCUT2D eigenvalue weighted by Crippen LogP contribution is -1.82. The van der Waals surface area contributed by atoms with Gasteiger partial charge in [-0.2, -0.15) is 0 Å². The summed E-state index contributed by atoms with van der Waals surface area (Å²) in [6.45, 7) is 0. The number of benzene rings is 1. The molecule has 0 aliphatic carbocycles. The van der Waals surface area contributed by atoms with Crippen molar-refractivity contribution in [2.45, 2.75) is 0 Å². The lowest BCUT2D eigenvalue weighted by molar-refractivity contribution is 0.628. The van der Waals surface area contributed by atoms with Crippen molar-refractivity contribution in [3.8, 4) is 12.3 Å². The fraction of sp³-hybridized carbons (Fsp3) is 0. The quantitative estimate of drug-likeness (QED) is 0.434. The Hall–Kier alpha value is -0.710. The van der Waals surface area contributed by atoms with Gasteiger partial charge in [0.15, 0.2) is 0 Å². The lowest BCUT2D eigenvalue weighted by atomic mass is 10.2. The molecule has 0 fully saturated rings. The van der Waals surface area contributed by atoms with Crippen LogP contribution >= 0.6 is 23.2 Å². The third-order valence-corrected chi connectivity index (χ3v) is 1.75. The fourth-order valence-corrected chi connectivity index (χ4v) is 1.03. The molecule has 0 radical (unpaired) electrons. The summed E-state index contributed by atoms with van der Waals surface area (Å²) < 4.78 is 12.7. The third-order valence-electron chi connectivity index (χ3n) is 1.15. The van der Waals surface area contributed by atoms with Crippen LogP contribution in [0, 0.1) is 18.2 Å². The minimum atomic E-state index is -0.591. The van der Waals surface area contributed by atoms with Crippen molar-refractivity contribution in [3.63, 3.8) is 0 Å². The van der Waals surface area contributed by atoms with Crippen LogP contribution in [0.4, 0.5) is 4.39 Å². The summed E-state index contributed by atoms with van der Waals surface area (Å²) in [5.41, 5.74) is 0.275. The maximum absolute atomic E-state index is 12.7. The summed E-state index contributed by atoms with van der Waals surface area (Å²) in [6, 6.07) is 2.55. The highest BCUT2D eigenvalue weighted by Crippen LogP contribution is 2.23. The molecule has 3 heteroatoms. The van der Waals surface area contributed by atoms with Gasteiger partial charge in [-0.3, -0.25) is 0 Å². The van der Waals surface area contributed by atoms with Crippen LogP contribution in [-0.2, 0) is 0 Å². The standard InChI is InChI=1S/C8H3Cl2F/c1-2-5-3-6(9)4-7(11)8(5)10/h1,3-4H. The zero-order chi connectivity index (χ0) is 8.43. The summed E-state index contributed by atoms with van der Waals surface area (Å²) in [5, 5.41) is 0.191. The molecular weight excluding hydrogens is 186 g/mol. The van der Waals surface area contributed by atoms with Gasteiger partial charge in [0.05, 0.1) is 5.02 Å². The number of rotatable bonds is 0. The molecule has 0 nitrogen and oxygen atoms in total. The molecule has 1 aromatic carbocycles. The van der Waals surface area contributed by atoms with Crippen LogP contribution in [0.5, 0.6) is 0 Å². The molecule has 1 aromatic rings. The first kappa shape index (κ1) is 8.39. The second-order valence-electron chi connectivity index (χ2n) is 1.89. The van der Waals surface area contributed by atoms with Crippen LogP contribution in [0.3, 0.4) is 0 Å². The Bertz CT molecular complexity index is 326. The summed E-state index contributed by atoms with van der Waals surface area (Å²) in [6.07, 6.45) is 5.03. The second kappa shape index (κ2) is 3.13. The Kier molecular flexibility index (Phi) is 2.38. The number of hydrogen-bond acceptors (Lipinski definition) is 0. The van der Waals surface area contributed by atoms with Crippen LogP contribution in [0.25, 0.3) is 0 Å². The molecule has 0 heterocycles. The van der Waals surface area contributed by atoms with E-state index in [9.17, 15) is 4.39 Å². The molecule has 0 spiro atoms. The van der Waals surface area contributed by atoms with Crippen molar-refractivity contribution in [1.29, 1.82) is 0 Å². The molecule has 0 aromatic heterocycles. The molecule has 1 rings (SSSR count). The first-order valence-corrected chi connectivity index (χ1v) is 3.52. The molecular formula is C8H3Cl2F. The zero-order valence-electron chi connectivity index (χ0n) is 5.37. The molecule has 56 valence electrons. The van der Waals surface area contributed by atoms with E-state index < -0.39 is 5.82 Å². The third kappa shape index (κ3) is 1.65. The van der Waals surface area contributed by atoms with E-state index in [2.05, 4.69) is 5.92 Å². The Morgan fingerprint density at radius 2 is 2.00 bits per heavy atom. The van der Waals surface area contributed by atoms with Crippen molar-refractivity contribution < 1.29 is 4.39 Å². The van der Waals surface area contributed by atoms with E-state index in [0.717, 1.165) is 6.07 Å². The normalized spacial score (nSPS) is 9.27. The van der Waals surface area contributed by atoms with Crippen LogP contribution in [0.1, 0.15) is 5.56 Å². The van der Waals surface area contributed by atoms with Gasteiger partial charge in [0, 0.05) is 10.6 Å². The molecule has 0 saturated carbocycles. The van der Waals surface area contributed by atoms with Gasteiger partial charge >= 0.3 is 0 Å². The van der Waals surface area contributed by atoms with Gasteiger partial charge in [-0.1, -0.05) is 29.1 Å². The largest absolute Gasteiger partial charge is 0.205 e. The average Bonchev–Trinajstić information content (AvgIpc) is 1.96. The highest BCUT2D eigenvalue weighted by molar-refractivity contribution is 6.34. The van der Waals surface area contributed by atoms with Gasteiger partial charge in [-0.05, 0) is 12.1 Å². The van der Waals surface area contributed by atoms with E-state index in [1.807, 2.05) is 0 Å². The zero-order valence-corrected chi connectivity index (χ0v) is 6.88. The van der Waals surface area contributed by atoms with E-state index >= 15 is 0 Å². The van der Waals surface area contributed by atoms with Gasteiger partial charge in [0.2, 0.25) is 0 Å². The van der Waals surface area contributed by atoms with Gasteiger partial charge < -0.3 is 0 Å². The fourth-order valence-electron chi connectivity index (χ4n) is 0.661. The van der Waals surface area contributed by atoms with Crippen LogP contribution < -0.4 is 0 Å². The molecule has 0 N–H and O–H groups in total. The monoisotopic (exact) mass is 188 g/mol. The highest BCUT2D eigenvalue weighted by atomic mass is 35.5. The van der Waals surface area contributed by atoms with Gasteiger partial charge in [0.25, 0.3) is 0 Å². The smallest absolute Gasteiger partial charge is 0.144 e. The minimum absolute atomic E-state index is 0.0584. The maximum atomic E-state index is 12.7. The molecule has 0 unspecified atom stereocenters. The predicted molar refractivity (Wildman–Crippen MR) is 44.4 cm³/mol. The number of halogens is 3. The van der Waals surface area contributed by atoms with Crippen molar-refractivity contribution >= 4 is 23.2 Å². The predicted octanol–water partition coefficient (Wildman–Crippen LogP) is 3.11. The van der Waals surface area contributed by atoms with Crippen LogP contribution in [-0.4, -0.2) is 0 Å². The average molecular weight is 189 g/mol. The summed E-state index contributed by atoms with van der Waals surface area (Å²) in [5.74, 6) is 1.63. The first-order valence-electron chi connectivity index (χ1n) is 2.76. The van der Waals surface area contributed by atoms with Crippen molar-refractivity contribution in [3.05, 3.63) is 33.6 Å². The first-order chi connectivity index (χ1) is 5.15. The Morgan fingerprint density at radius 3 is 2.55 bits per heavy atom. The summed E-state index contributed by atoms with van der Waals surface area (Å²) in [7, 11) is 0. The molecule has 11 heavy (non-hydrogen) atoms. The molecule has 0 saturated heterocycles. The summed E-state index contributed by atoms with van der Waals surface area (Å²) in [4.78, 5) is 0. The SMILES string of the molecule is C#Cc1cc(Cl)cc(F)c1Cl. The Labute approximate surface area is 73.9 Å². The molecule has 0 aliphatic rings. The van der Waals surface area contributed by atoms with Gasteiger partial charge in [-0.25, -0.2) is 4.39 Å². The highest BCUT2D eigenvalue weighted by Gasteiger charge is 2.05. The van der Waals surface area contributed by atoms with Crippen molar-refractivity contribution in [1.82, 2.24) is 0 Å². The number of hydrogen-bond donors (Lipinski definition) is 0. The second-order valence-corrected chi connectivity index (χ2v) is 2.71. The Morgan fingerprint density at radius 1 is 1.36 bits per heavy atom. The summed E-state index contributed by atoms with van der Waals surface area (Å²) >= 11 is 11.0. The van der Waals surface area contributed by atoms with Crippen molar-refractivity contribution in [2.75, 3.05) is 0 Å².